The average molecular weight is 524 g/mol. The summed E-state index contributed by atoms with van der Waals surface area (Å²) in [5.41, 5.74) is -0.124. The third-order valence-corrected chi connectivity index (χ3v) is 9.43. The highest BCUT2D eigenvalue weighted by molar-refractivity contribution is 5.80. The summed E-state index contributed by atoms with van der Waals surface area (Å²) in [5.74, 6) is 1.78. The molecule has 1 saturated carbocycles. The van der Waals surface area contributed by atoms with E-state index in [1.165, 1.54) is 41.2 Å². The fourth-order valence-corrected chi connectivity index (χ4v) is 8.28. The van der Waals surface area contributed by atoms with E-state index in [2.05, 4.69) is 25.7 Å². The quantitative estimate of drug-likeness (QED) is 0.508. The van der Waals surface area contributed by atoms with E-state index in [4.69, 9.17) is 4.74 Å². The number of hydrogen-bond donors (Lipinski definition) is 0. The number of benzene rings is 1. The first kappa shape index (κ1) is 27.2. The number of rotatable bonds is 5. The second-order valence-corrected chi connectivity index (χ2v) is 12.6. The maximum Gasteiger partial charge on any atom is 0.332 e. The van der Waals surface area contributed by atoms with E-state index in [-0.39, 0.29) is 30.4 Å². The second-order valence-electron chi connectivity index (χ2n) is 12.6. The lowest BCUT2D eigenvalue weighted by atomic mass is 9.75. The van der Waals surface area contributed by atoms with Gasteiger partial charge in [-0.1, -0.05) is 39.3 Å². The van der Waals surface area contributed by atoms with Gasteiger partial charge in [0.25, 0.3) is 5.56 Å². The maximum absolute atomic E-state index is 13.9. The van der Waals surface area contributed by atoms with Crippen molar-refractivity contribution in [3.8, 4) is 0 Å². The van der Waals surface area contributed by atoms with Gasteiger partial charge in [0.1, 0.15) is 6.54 Å². The van der Waals surface area contributed by atoms with Gasteiger partial charge in [0.2, 0.25) is 0 Å². The van der Waals surface area contributed by atoms with Crippen molar-refractivity contribution in [2.75, 3.05) is 6.61 Å². The van der Waals surface area contributed by atoms with E-state index in [1.807, 2.05) is 6.07 Å². The van der Waals surface area contributed by atoms with Crippen LogP contribution in [-0.2, 0) is 16.1 Å². The highest BCUT2D eigenvalue weighted by Gasteiger charge is 2.44. The molecule has 7 atom stereocenters. The summed E-state index contributed by atoms with van der Waals surface area (Å²) in [7, 11) is 0. The zero-order valence-electron chi connectivity index (χ0n) is 23.6. The van der Waals surface area contributed by atoms with E-state index < -0.39 is 5.97 Å². The molecule has 0 spiro atoms. The number of carbonyl (C=O) groups is 1. The van der Waals surface area contributed by atoms with Crippen molar-refractivity contribution in [3.63, 3.8) is 0 Å². The molecule has 0 radical (unpaired) electrons. The van der Waals surface area contributed by atoms with Crippen molar-refractivity contribution in [1.29, 1.82) is 0 Å². The van der Waals surface area contributed by atoms with Crippen LogP contribution in [0.1, 0.15) is 91.5 Å². The van der Waals surface area contributed by atoms with Crippen LogP contribution in [0, 0.1) is 17.8 Å². The van der Waals surface area contributed by atoms with Crippen LogP contribution >= 0.6 is 0 Å². The normalized spacial score (nSPS) is 32.5. The fraction of sp³-hybridized carbons (Fsp3) is 0.710. The van der Waals surface area contributed by atoms with E-state index in [0.29, 0.717) is 29.0 Å². The molecule has 0 amide bonds. The van der Waals surface area contributed by atoms with Gasteiger partial charge < -0.3 is 4.74 Å². The molecule has 3 unspecified atom stereocenters. The van der Waals surface area contributed by atoms with Gasteiger partial charge in [-0.2, -0.15) is 0 Å². The first-order chi connectivity index (χ1) is 18.3. The number of fused-ring (bicyclic) bond motifs is 3. The van der Waals surface area contributed by atoms with Crippen molar-refractivity contribution >= 4 is 16.9 Å². The Morgan fingerprint density at radius 3 is 2.08 bits per heavy atom. The molecule has 5 rings (SSSR count). The van der Waals surface area contributed by atoms with Crippen LogP contribution in [0.15, 0.2) is 33.9 Å². The number of piperidine rings is 2. The molecule has 2 aromatic rings. The highest BCUT2D eigenvalue weighted by Crippen LogP contribution is 2.43. The summed E-state index contributed by atoms with van der Waals surface area (Å²) >= 11 is 0. The van der Waals surface area contributed by atoms with E-state index in [0.717, 1.165) is 43.4 Å². The maximum atomic E-state index is 13.9. The molecule has 3 aliphatic rings. The van der Waals surface area contributed by atoms with Crippen molar-refractivity contribution in [1.82, 2.24) is 14.0 Å². The van der Waals surface area contributed by atoms with Gasteiger partial charge in [0, 0.05) is 24.2 Å². The number of carbonyl (C=O) groups excluding carboxylic acids is 1. The minimum atomic E-state index is -0.460. The first-order valence-electron chi connectivity index (χ1n) is 14.9. The highest BCUT2D eigenvalue weighted by atomic mass is 16.5. The summed E-state index contributed by atoms with van der Waals surface area (Å²) in [6.45, 7) is 9.07. The van der Waals surface area contributed by atoms with Gasteiger partial charge in [-0.05, 0) is 88.2 Å². The van der Waals surface area contributed by atoms with Crippen LogP contribution in [0.2, 0.25) is 0 Å². The average Bonchev–Trinajstić information content (AvgIpc) is 2.85. The molecule has 2 bridgehead atoms. The largest absolute Gasteiger partial charge is 0.465 e. The molecular weight excluding hydrogens is 478 g/mol. The minimum absolute atomic E-state index is 0.150. The predicted octanol–water partition coefficient (Wildman–Crippen LogP) is 5.14. The standard InChI is InChI=1S/C31H45N3O4/c1-5-38-29(35)19-32-28-12-7-6-11-27(28)30(36)34(31(32)37)26-17-23-9-8-10-24(18-26)33(23)25-15-21(3)13-20(2)14-22(4)16-25/h6-7,11-12,20-26H,5,8-10,13-19H2,1-4H3/t20?,21-,22+,23-,24+,25?,26?. The van der Waals surface area contributed by atoms with Gasteiger partial charge in [-0.15, -0.1) is 0 Å². The Morgan fingerprint density at radius 1 is 0.842 bits per heavy atom. The smallest absolute Gasteiger partial charge is 0.332 e. The van der Waals surface area contributed by atoms with Crippen LogP contribution < -0.4 is 11.2 Å². The molecule has 7 heteroatoms. The third kappa shape index (κ3) is 5.36. The van der Waals surface area contributed by atoms with Crippen LogP contribution in [0.25, 0.3) is 10.9 Å². The topological polar surface area (TPSA) is 73.5 Å². The molecule has 7 nitrogen and oxygen atoms in total. The van der Waals surface area contributed by atoms with E-state index in [1.54, 1.807) is 25.1 Å². The summed E-state index contributed by atoms with van der Waals surface area (Å²) in [6, 6.07) is 8.35. The SMILES string of the molecule is CCOC(=O)Cn1c(=O)n(C2C[C@H]3CCC[C@@H](C2)N3C2C[C@H](C)CC(C)C[C@H](C)C2)c(=O)c2ccccc21. The molecule has 1 aromatic heterocycles. The Kier molecular flexibility index (Phi) is 8.13. The van der Waals surface area contributed by atoms with Crippen molar-refractivity contribution in [2.45, 2.75) is 116 Å². The van der Waals surface area contributed by atoms with Gasteiger partial charge in [0.15, 0.2) is 0 Å². The van der Waals surface area contributed by atoms with Gasteiger partial charge >= 0.3 is 11.7 Å². The summed E-state index contributed by atoms with van der Waals surface area (Å²) < 4.78 is 8.08. The summed E-state index contributed by atoms with van der Waals surface area (Å²) in [5, 5.41) is 0.487. The number of nitrogens with zero attached hydrogens (tertiary/aromatic N) is 3. The molecule has 208 valence electrons. The molecule has 1 aliphatic carbocycles. The molecule has 38 heavy (non-hydrogen) atoms. The first-order valence-corrected chi connectivity index (χ1v) is 14.9. The molecule has 3 fully saturated rings. The molecule has 1 aromatic carbocycles. The number of ether oxygens (including phenoxy) is 1. The van der Waals surface area contributed by atoms with Crippen molar-refractivity contribution in [2.24, 2.45) is 17.8 Å². The third-order valence-electron chi connectivity index (χ3n) is 9.43. The lowest BCUT2D eigenvalue weighted by Crippen LogP contribution is -2.59. The van der Waals surface area contributed by atoms with E-state index >= 15 is 0 Å². The molecular formula is C31H45N3O4. The van der Waals surface area contributed by atoms with Crippen LogP contribution in [0.4, 0.5) is 0 Å². The van der Waals surface area contributed by atoms with Crippen LogP contribution in [0.3, 0.4) is 0 Å². The predicted molar refractivity (Wildman–Crippen MR) is 150 cm³/mol. The van der Waals surface area contributed by atoms with Gasteiger partial charge in [0.05, 0.1) is 17.5 Å². The molecule has 2 saturated heterocycles. The Bertz CT molecular complexity index is 1240. The number of hydrogen-bond acceptors (Lipinski definition) is 5. The Morgan fingerprint density at radius 2 is 1.45 bits per heavy atom. The molecule has 0 N–H and O–H groups in total. The number of esters is 1. The summed E-state index contributed by atoms with van der Waals surface area (Å²) in [6.07, 6.45) is 10.2. The summed E-state index contributed by atoms with van der Waals surface area (Å²) in [4.78, 5) is 42.8. The minimum Gasteiger partial charge on any atom is -0.465 e. The van der Waals surface area contributed by atoms with Crippen molar-refractivity contribution in [3.05, 3.63) is 45.1 Å². The van der Waals surface area contributed by atoms with Crippen LogP contribution in [0.5, 0.6) is 0 Å². The monoisotopic (exact) mass is 523 g/mol. The van der Waals surface area contributed by atoms with Gasteiger partial charge in [-0.3, -0.25) is 23.6 Å². The Hall–Kier alpha value is -2.41. The number of aromatic nitrogens is 2. The lowest BCUT2D eigenvalue weighted by molar-refractivity contribution is -0.143. The van der Waals surface area contributed by atoms with E-state index in [9.17, 15) is 14.4 Å². The number of para-hydroxylation sites is 1. The van der Waals surface area contributed by atoms with Crippen molar-refractivity contribution < 1.29 is 9.53 Å². The Labute approximate surface area is 226 Å². The van der Waals surface area contributed by atoms with Gasteiger partial charge in [-0.25, -0.2) is 4.79 Å². The zero-order chi connectivity index (χ0) is 27.0. The molecule has 2 aliphatic heterocycles. The lowest BCUT2D eigenvalue weighted by Gasteiger charge is -2.53. The fourth-order valence-electron chi connectivity index (χ4n) is 8.28. The zero-order valence-corrected chi connectivity index (χ0v) is 23.6. The van der Waals surface area contributed by atoms with Crippen LogP contribution in [-0.4, -0.2) is 44.7 Å². The molecule has 3 heterocycles. The Balaban J connectivity index is 1.48. The second kappa shape index (κ2) is 11.4.